The molecule has 2 amide bonds. The molecule has 0 aliphatic carbocycles. The van der Waals surface area contributed by atoms with Crippen LogP contribution in [-0.2, 0) is 9.59 Å². The highest BCUT2D eigenvalue weighted by Crippen LogP contribution is 2.37. The number of hydrogen-bond donors (Lipinski definition) is 2. The maximum atomic E-state index is 12.8. The second-order valence-electron chi connectivity index (χ2n) is 8.98. The van der Waals surface area contributed by atoms with E-state index in [9.17, 15) is 14.4 Å². The summed E-state index contributed by atoms with van der Waals surface area (Å²) in [5.41, 5.74) is 2.99. The van der Waals surface area contributed by atoms with E-state index in [1.165, 1.54) is 50.3 Å². The second kappa shape index (κ2) is 15.9. The van der Waals surface area contributed by atoms with E-state index < -0.39 is 11.9 Å². The van der Waals surface area contributed by atoms with Gasteiger partial charge in [-0.15, -0.1) is 11.3 Å². The topological polar surface area (TPSA) is 106 Å². The number of carbonyl (C=O) groups is 3. The number of hydrazone groups is 1. The number of hydrogen-bond acceptors (Lipinski definition) is 7. The van der Waals surface area contributed by atoms with Crippen LogP contribution in [0.5, 0.6) is 11.5 Å². The average Bonchev–Trinajstić information content (AvgIpc) is 3.28. The first-order chi connectivity index (χ1) is 18.9. The summed E-state index contributed by atoms with van der Waals surface area (Å²) in [5.74, 6) is -0.622. The molecule has 3 rings (SSSR count). The molecule has 2 N–H and O–H groups in total. The molecule has 0 saturated carbocycles. The number of esters is 1. The molecule has 8 nitrogen and oxygen atoms in total. The van der Waals surface area contributed by atoms with Crippen molar-refractivity contribution >= 4 is 57.0 Å². The monoisotopic (exact) mass is 571 g/mol. The van der Waals surface area contributed by atoms with E-state index in [0.29, 0.717) is 27.6 Å². The first-order valence-electron chi connectivity index (χ1n) is 13.1. The number of amides is 2. The van der Waals surface area contributed by atoms with Gasteiger partial charge in [0.1, 0.15) is 4.88 Å². The normalized spacial score (nSPS) is 11.1. The highest BCUT2D eigenvalue weighted by Gasteiger charge is 2.20. The maximum Gasteiger partial charge on any atom is 0.355 e. The van der Waals surface area contributed by atoms with Gasteiger partial charge in [-0.1, -0.05) is 75.2 Å². The van der Waals surface area contributed by atoms with Crippen molar-refractivity contribution in [2.45, 2.75) is 58.3 Å². The number of rotatable bonds is 15. The van der Waals surface area contributed by atoms with Crippen LogP contribution in [0.25, 0.3) is 10.1 Å². The number of benzene rings is 2. The minimum absolute atomic E-state index is 0.144. The van der Waals surface area contributed by atoms with Crippen molar-refractivity contribution in [2.75, 3.05) is 13.7 Å². The highest BCUT2D eigenvalue weighted by atomic mass is 35.5. The third kappa shape index (κ3) is 9.37. The van der Waals surface area contributed by atoms with E-state index in [1.807, 2.05) is 24.3 Å². The Labute approximate surface area is 237 Å². The predicted octanol–water partition coefficient (Wildman–Crippen LogP) is 6.49. The minimum Gasteiger partial charge on any atom is -0.493 e. The van der Waals surface area contributed by atoms with Crippen LogP contribution >= 0.6 is 22.9 Å². The zero-order valence-corrected chi connectivity index (χ0v) is 23.8. The van der Waals surface area contributed by atoms with Crippen molar-refractivity contribution in [3.63, 3.8) is 0 Å². The number of unbranched alkanes of at least 4 members (excludes halogenated alkanes) is 6. The Kier molecular flexibility index (Phi) is 12.2. The molecule has 0 spiro atoms. The molecule has 0 fully saturated rings. The molecule has 10 heteroatoms. The summed E-state index contributed by atoms with van der Waals surface area (Å²) in [6.07, 6.45) is 9.75. The van der Waals surface area contributed by atoms with Gasteiger partial charge >= 0.3 is 5.97 Å². The fraction of sp³-hybridized carbons (Fsp3) is 0.379. The zero-order chi connectivity index (χ0) is 28.0. The lowest BCUT2D eigenvalue weighted by Gasteiger charge is -2.09. The first kappa shape index (κ1) is 30.1. The number of thiophene rings is 1. The van der Waals surface area contributed by atoms with E-state index in [2.05, 4.69) is 22.8 Å². The first-order valence-corrected chi connectivity index (χ1v) is 14.3. The Morgan fingerprint density at radius 1 is 0.974 bits per heavy atom. The van der Waals surface area contributed by atoms with Gasteiger partial charge in [0.2, 0.25) is 5.91 Å². The number of methoxy groups -OCH3 is 1. The fourth-order valence-electron chi connectivity index (χ4n) is 3.87. The van der Waals surface area contributed by atoms with Gasteiger partial charge in [-0.3, -0.25) is 9.59 Å². The largest absolute Gasteiger partial charge is 0.493 e. The Bertz CT molecular complexity index is 1310. The van der Waals surface area contributed by atoms with Gasteiger partial charge in [0.25, 0.3) is 5.91 Å². The van der Waals surface area contributed by atoms with Gasteiger partial charge in [0.05, 0.1) is 24.9 Å². The molecule has 0 bridgehead atoms. The lowest BCUT2D eigenvalue weighted by Crippen LogP contribution is -2.34. The highest BCUT2D eigenvalue weighted by molar-refractivity contribution is 7.21. The summed E-state index contributed by atoms with van der Waals surface area (Å²) in [4.78, 5) is 37.0. The molecule has 1 aromatic heterocycles. The molecule has 208 valence electrons. The van der Waals surface area contributed by atoms with E-state index >= 15 is 0 Å². The van der Waals surface area contributed by atoms with Crippen molar-refractivity contribution in [1.29, 1.82) is 0 Å². The smallest absolute Gasteiger partial charge is 0.355 e. The number of halogens is 1. The van der Waals surface area contributed by atoms with Gasteiger partial charge in [0.15, 0.2) is 11.5 Å². The Balaban J connectivity index is 1.44. The molecule has 1 heterocycles. The van der Waals surface area contributed by atoms with Crippen LogP contribution in [-0.4, -0.2) is 37.7 Å². The maximum absolute atomic E-state index is 12.8. The number of fused-ring (bicyclic) bond motifs is 1. The van der Waals surface area contributed by atoms with Crippen LogP contribution in [0.4, 0.5) is 0 Å². The third-order valence-corrected chi connectivity index (χ3v) is 7.62. The van der Waals surface area contributed by atoms with Crippen LogP contribution in [0.3, 0.4) is 0 Å². The fourth-order valence-corrected chi connectivity index (χ4v) is 5.25. The van der Waals surface area contributed by atoms with Crippen LogP contribution in [0.15, 0.2) is 47.6 Å². The number of ether oxygens (including phenoxy) is 2. The van der Waals surface area contributed by atoms with Crippen LogP contribution in [0.1, 0.15) is 73.5 Å². The molecule has 39 heavy (non-hydrogen) atoms. The summed E-state index contributed by atoms with van der Waals surface area (Å²) in [6, 6.07) is 12.3. The SMILES string of the molecule is CCCCCCCCCC(=O)NCC(=O)N/N=C/c1ccc(OC(=O)c2sc3ccccc3c2Cl)c(OC)c1. The molecule has 2 aromatic carbocycles. The van der Waals surface area contributed by atoms with Gasteiger partial charge in [-0.05, 0) is 36.2 Å². The van der Waals surface area contributed by atoms with Crippen molar-refractivity contribution in [2.24, 2.45) is 5.10 Å². The Morgan fingerprint density at radius 2 is 1.72 bits per heavy atom. The summed E-state index contributed by atoms with van der Waals surface area (Å²) in [5, 5.41) is 7.69. The molecule has 0 atom stereocenters. The van der Waals surface area contributed by atoms with Crippen molar-refractivity contribution in [1.82, 2.24) is 10.7 Å². The van der Waals surface area contributed by atoms with Crippen molar-refractivity contribution in [3.05, 3.63) is 57.9 Å². The summed E-state index contributed by atoms with van der Waals surface area (Å²) in [7, 11) is 1.46. The van der Waals surface area contributed by atoms with Crippen molar-refractivity contribution in [3.8, 4) is 11.5 Å². The second-order valence-corrected chi connectivity index (χ2v) is 10.4. The standard InChI is InChI=1S/C29H34ClN3O5S/c1-3-4-5-6-7-8-9-14-25(34)31-19-26(35)33-32-18-20-15-16-22(23(17-20)37-2)38-29(36)28-27(30)21-12-10-11-13-24(21)39-28/h10-13,15-18H,3-9,14,19H2,1-2H3,(H,31,34)(H,33,35)/b32-18+. The van der Waals surface area contributed by atoms with Gasteiger partial charge in [-0.2, -0.15) is 5.10 Å². The molecule has 0 saturated heterocycles. The van der Waals surface area contributed by atoms with Gasteiger partial charge in [0, 0.05) is 16.5 Å². The van der Waals surface area contributed by atoms with Crippen molar-refractivity contribution < 1.29 is 23.9 Å². The zero-order valence-electron chi connectivity index (χ0n) is 22.3. The molecule has 0 aliphatic rings. The van der Waals surface area contributed by atoms with E-state index in [4.69, 9.17) is 21.1 Å². The van der Waals surface area contributed by atoms with E-state index in [1.54, 1.807) is 18.2 Å². The quantitative estimate of drug-likeness (QED) is 0.0713. The van der Waals surface area contributed by atoms with Gasteiger partial charge < -0.3 is 14.8 Å². The van der Waals surface area contributed by atoms with Gasteiger partial charge in [-0.25, -0.2) is 10.2 Å². The van der Waals surface area contributed by atoms with Crippen LogP contribution in [0.2, 0.25) is 5.02 Å². The number of nitrogens with zero attached hydrogens (tertiary/aromatic N) is 1. The average molecular weight is 572 g/mol. The van der Waals surface area contributed by atoms with E-state index in [-0.39, 0.29) is 18.2 Å². The lowest BCUT2D eigenvalue weighted by atomic mass is 10.1. The molecular weight excluding hydrogens is 538 g/mol. The molecule has 0 radical (unpaired) electrons. The lowest BCUT2D eigenvalue weighted by molar-refractivity contribution is -0.126. The molecule has 0 aliphatic heterocycles. The number of carbonyl (C=O) groups excluding carboxylic acids is 3. The van der Waals surface area contributed by atoms with Crippen LogP contribution < -0.4 is 20.2 Å². The summed E-state index contributed by atoms with van der Waals surface area (Å²) < 4.78 is 11.8. The number of nitrogens with one attached hydrogen (secondary N) is 2. The summed E-state index contributed by atoms with van der Waals surface area (Å²) >= 11 is 7.65. The summed E-state index contributed by atoms with van der Waals surface area (Å²) in [6.45, 7) is 2.04. The Hall–Kier alpha value is -3.43. The predicted molar refractivity (Wildman–Crippen MR) is 156 cm³/mol. The van der Waals surface area contributed by atoms with Crippen LogP contribution in [0, 0.1) is 0 Å². The minimum atomic E-state index is -0.581. The third-order valence-electron chi connectivity index (χ3n) is 5.97. The molecule has 0 unspecified atom stereocenters. The van der Waals surface area contributed by atoms with E-state index in [0.717, 1.165) is 29.3 Å². The molecule has 3 aromatic rings. The molecular formula is C29H34ClN3O5S. The Morgan fingerprint density at radius 3 is 2.46 bits per heavy atom.